The van der Waals surface area contributed by atoms with Gasteiger partial charge in [0.05, 0.1) is 5.75 Å². The lowest BCUT2D eigenvalue weighted by molar-refractivity contribution is 0.472. The standard InChI is InChI=1S/C6H8NO4S/c8-12(9,10)5-1-2-6-7-3-4-11-6/h4H,1-2,5H2,(H,8,9,10). The molecule has 1 N–H and O–H groups in total. The molecule has 0 aliphatic heterocycles. The number of rotatable bonds is 4. The molecule has 0 atom stereocenters. The van der Waals surface area contributed by atoms with Gasteiger partial charge in [0.1, 0.15) is 12.5 Å². The predicted octanol–water partition coefficient (Wildman–Crippen LogP) is 0.295. The molecule has 0 amide bonds. The van der Waals surface area contributed by atoms with Crippen LogP contribution in [0.3, 0.4) is 0 Å². The third-order valence-electron chi connectivity index (χ3n) is 1.23. The van der Waals surface area contributed by atoms with Gasteiger partial charge in [0.2, 0.25) is 0 Å². The van der Waals surface area contributed by atoms with Gasteiger partial charge in [0.15, 0.2) is 5.89 Å². The molecule has 1 rings (SSSR count). The van der Waals surface area contributed by atoms with Crippen molar-refractivity contribution in [1.82, 2.24) is 4.98 Å². The molecule has 0 fully saturated rings. The molecule has 0 saturated heterocycles. The van der Waals surface area contributed by atoms with Gasteiger partial charge in [-0.3, -0.25) is 4.55 Å². The molecule has 0 bridgehead atoms. The van der Waals surface area contributed by atoms with Crippen LogP contribution in [0.1, 0.15) is 12.3 Å². The predicted molar refractivity (Wildman–Crippen MR) is 40.1 cm³/mol. The van der Waals surface area contributed by atoms with Crippen LogP contribution in [0.4, 0.5) is 0 Å². The van der Waals surface area contributed by atoms with E-state index in [4.69, 9.17) is 8.97 Å². The van der Waals surface area contributed by atoms with Crippen molar-refractivity contribution in [3.8, 4) is 0 Å². The second-order valence-electron chi connectivity index (χ2n) is 2.26. The second kappa shape index (κ2) is 3.68. The lowest BCUT2D eigenvalue weighted by Gasteiger charge is -1.93. The summed E-state index contributed by atoms with van der Waals surface area (Å²) in [5.74, 6) is 0.161. The highest BCUT2D eigenvalue weighted by Crippen LogP contribution is 1.99. The van der Waals surface area contributed by atoms with Gasteiger partial charge in [-0.1, -0.05) is 0 Å². The largest absolute Gasteiger partial charge is 0.448 e. The zero-order chi connectivity index (χ0) is 9.03. The minimum absolute atomic E-state index is 0.268. The van der Waals surface area contributed by atoms with Crippen LogP contribution >= 0.6 is 0 Å². The van der Waals surface area contributed by atoms with Gasteiger partial charge < -0.3 is 4.42 Å². The van der Waals surface area contributed by atoms with Gasteiger partial charge >= 0.3 is 0 Å². The van der Waals surface area contributed by atoms with E-state index in [9.17, 15) is 8.42 Å². The van der Waals surface area contributed by atoms with Crippen LogP contribution in [-0.2, 0) is 16.5 Å². The van der Waals surface area contributed by atoms with Crippen molar-refractivity contribution in [3.05, 3.63) is 18.4 Å². The van der Waals surface area contributed by atoms with E-state index in [-0.39, 0.29) is 5.75 Å². The van der Waals surface area contributed by atoms with Gasteiger partial charge in [0.25, 0.3) is 10.1 Å². The van der Waals surface area contributed by atoms with Crippen LogP contribution in [0.25, 0.3) is 0 Å². The summed E-state index contributed by atoms with van der Waals surface area (Å²) < 4.78 is 33.7. The lowest BCUT2D eigenvalue weighted by atomic mass is 10.3. The van der Waals surface area contributed by atoms with Gasteiger partial charge in [-0.25, -0.2) is 4.98 Å². The molecule has 1 aromatic heterocycles. The quantitative estimate of drug-likeness (QED) is 0.690. The average Bonchev–Trinajstić information content (AvgIpc) is 2.36. The molecule has 1 heterocycles. The number of nitrogens with zero attached hydrogens (tertiary/aromatic N) is 1. The van der Waals surface area contributed by atoms with Gasteiger partial charge in [-0.2, -0.15) is 8.42 Å². The minimum Gasteiger partial charge on any atom is -0.448 e. The number of aryl methyl sites for hydroxylation is 1. The second-order valence-corrected chi connectivity index (χ2v) is 3.83. The SMILES string of the molecule is O=S(=O)(O)CCCc1n[c]co1. The molecule has 0 aliphatic rings. The van der Waals surface area contributed by atoms with E-state index >= 15 is 0 Å². The van der Waals surface area contributed by atoms with Crippen molar-refractivity contribution in [2.45, 2.75) is 12.8 Å². The van der Waals surface area contributed by atoms with E-state index in [0.717, 1.165) is 0 Å². The molecule has 5 nitrogen and oxygen atoms in total. The van der Waals surface area contributed by atoms with Crippen LogP contribution < -0.4 is 0 Å². The Morgan fingerprint density at radius 1 is 1.67 bits per heavy atom. The molecule has 0 saturated carbocycles. The monoisotopic (exact) mass is 190 g/mol. The molecule has 12 heavy (non-hydrogen) atoms. The van der Waals surface area contributed by atoms with Crippen molar-refractivity contribution in [1.29, 1.82) is 0 Å². The van der Waals surface area contributed by atoms with Crippen LogP contribution in [0, 0.1) is 6.20 Å². The first-order valence-corrected chi connectivity index (χ1v) is 4.94. The van der Waals surface area contributed by atoms with Crippen molar-refractivity contribution in [3.63, 3.8) is 0 Å². The fourth-order valence-corrected chi connectivity index (χ4v) is 1.25. The van der Waals surface area contributed by atoms with E-state index < -0.39 is 10.1 Å². The first-order valence-electron chi connectivity index (χ1n) is 3.33. The summed E-state index contributed by atoms with van der Waals surface area (Å²) in [6, 6.07) is 0. The summed E-state index contributed by atoms with van der Waals surface area (Å²) in [5.41, 5.74) is 0. The Labute approximate surface area is 70.2 Å². The topological polar surface area (TPSA) is 80.4 Å². The third kappa shape index (κ3) is 3.49. The van der Waals surface area contributed by atoms with Gasteiger partial charge in [-0.15, -0.1) is 0 Å². The van der Waals surface area contributed by atoms with E-state index in [1.807, 2.05) is 0 Å². The summed E-state index contributed by atoms with van der Waals surface area (Å²) in [5, 5.41) is 0. The van der Waals surface area contributed by atoms with E-state index in [0.29, 0.717) is 18.7 Å². The normalized spacial score (nSPS) is 11.8. The van der Waals surface area contributed by atoms with Crippen LogP contribution in [0.5, 0.6) is 0 Å². The molecule has 1 radical (unpaired) electrons. The average molecular weight is 190 g/mol. The molecular formula is C6H8NO4S. The van der Waals surface area contributed by atoms with Crippen LogP contribution in [0.2, 0.25) is 0 Å². The molecule has 0 unspecified atom stereocenters. The fourth-order valence-electron chi connectivity index (χ4n) is 0.740. The van der Waals surface area contributed by atoms with Crippen molar-refractivity contribution >= 4 is 10.1 Å². The Morgan fingerprint density at radius 3 is 2.92 bits per heavy atom. The summed E-state index contributed by atoms with van der Waals surface area (Å²) in [6.45, 7) is 0. The summed E-state index contributed by atoms with van der Waals surface area (Å²) in [4.78, 5) is 3.67. The van der Waals surface area contributed by atoms with E-state index in [2.05, 4.69) is 11.2 Å². The van der Waals surface area contributed by atoms with E-state index in [1.165, 1.54) is 6.26 Å². The highest BCUT2D eigenvalue weighted by atomic mass is 32.2. The summed E-state index contributed by atoms with van der Waals surface area (Å²) in [6.07, 6.45) is 4.43. The smallest absolute Gasteiger partial charge is 0.264 e. The maximum atomic E-state index is 10.3. The number of oxazole rings is 1. The third-order valence-corrected chi connectivity index (χ3v) is 2.03. The Morgan fingerprint density at radius 2 is 2.42 bits per heavy atom. The van der Waals surface area contributed by atoms with Crippen molar-refractivity contribution < 1.29 is 17.4 Å². The first kappa shape index (κ1) is 9.21. The molecule has 6 heteroatoms. The highest BCUT2D eigenvalue weighted by Gasteiger charge is 2.05. The van der Waals surface area contributed by atoms with Crippen molar-refractivity contribution in [2.75, 3.05) is 5.75 Å². The lowest BCUT2D eigenvalue weighted by Crippen LogP contribution is -2.04. The molecule has 0 aliphatic carbocycles. The first-order chi connectivity index (χ1) is 5.58. The van der Waals surface area contributed by atoms with Crippen LogP contribution in [-0.4, -0.2) is 23.7 Å². The number of hydrogen-bond acceptors (Lipinski definition) is 4. The maximum absolute atomic E-state index is 10.3. The van der Waals surface area contributed by atoms with E-state index in [1.54, 1.807) is 0 Å². The zero-order valence-electron chi connectivity index (χ0n) is 6.23. The summed E-state index contributed by atoms with van der Waals surface area (Å²) in [7, 11) is -3.86. The highest BCUT2D eigenvalue weighted by molar-refractivity contribution is 7.85. The molecular weight excluding hydrogens is 182 g/mol. The summed E-state index contributed by atoms with van der Waals surface area (Å²) >= 11 is 0. The minimum atomic E-state index is -3.86. The Bertz CT molecular complexity index is 315. The van der Waals surface area contributed by atoms with Gasteiger partial charge in [0, 0.05) is 6.42 Å². The Hall–Kier alpha value is -0.880. The fraction of sp³-hybridized carbons (Fsp3) is 0.500. The Kier molecular flexibility index (Phi) is 2.83. The maximum Gasteiger partial charge on any atom is 0.264 e. The Balaban J connectivity index is 2.29. The molecule has 0 spiro atoms. The molecule has 1 aromatic rings. The molecule has 67 valence electrons. The molecule has 0 aromatic carbocycles. The zero-order valence-corrected chi connectivity index (χ0v) is 7.04. The van der Waals surface area contributed by atoms with Gasteiger partial charge in [-0.05, 0) is 6.42 Å². The number of hydrogen-bond donors (Lipinski definition) is 1. The number of aromatic nitrogens is 1. The van der Waals surface area contributed by atoms with Crippen molar-refractivity contribution in [2.24, 2.45) is 0 Å². The van der Waals surface area contributed by atoms with Crippen LogP contribution in [0.15, 0.2) is 10.7 Å².